The van der Waals surface area contributed by atoms with E-state index in [0.29, 0.717) is 13.2 Å². The summed E-state index contributed by atoms with van der Waals surface area (Å²) in [4.78, 5) is 0. The predicted octanol–water partition coefficient (Wildman–Crippen LogP) is 0.893. The maximum atomic E-state index is 9.19. The third kappa shape index (κ3) is 3.23. The van der Waals surface area contributed by atoms with Crippen LogP contribution in [0.15, 0.2) is 0 Å². The van der Waals surface area contributed by atoms with Gasteiger partial charge in [0.2, 0.25) is 0 Å². The van der Waals surface area contributed by atoms with Gasteiger partial charge in [-0.2, -0.15) is 5.06 Å². The molecule has 1 aliphatic heterocycles. The predicted molar refractivity (Wildman–Crippen MR) is 48.8 cm³/mol. The Labute approximate surface area is 79.4 Å². The van der Waals surface area contributed by atoms with Gasteiger partial charge in [0.05, 0.1) is 13.2 Å². The molecular weight excluding hydrogens is 170 g/mol. The first-order valence-electron chi connectivity index (χ1n) is 4.71. The zero-order valence-electron chi connectivity index (χ0n) is 8.45. The SMILES string of the molecule is COCC1(CN(C)O)CCCCO1. The van der Waals surface area contributed by atoms with Gasteiger partial charge in [-0.1, -0.05) is 0 Å². The van der Waals surface area contributed by atoms with Crippen molar-refractivity contribution in [1.29, 1.82) is 0 Å². The van der Waals surface area contributed by atoms with Crippen LogP contribution in [0.1, 0.15) is 19.3 Å². The molecule has 0 aromatic carbocycles. The van der Waals surface area contributed by atoms with E-state index in [9.17, 15) is 5.21 Å². The third-order valence-corrected chi connectivity index (χ3v) is 2.36. The average Bonchev–Trinajstić information content (AvgIpc) is 2.04. The molecule has 4 nitrogen and oxygen atoms in total. The lowest BCUT2D eigenvalue weighted by atomic mass is 9.94. The number of hydrogen-bond donors (Lipinski definition) is 1. The van der Waals surface area contributed by atoms with E-state index in [-0.39, 0.29) is 5.60 Å². The molecule has 13 heavy (non-hydrogen) atoms. The van der Waals surface area contributed by atoms with Crippen LogP contribution in [-0.4, -0.2) is 49.8 Å². The number of hydroxylamine groups is 2. The first kappa shape index (κ1) is 10.9. The van der Waals surface area contributed by atoms with E-state index < -0.39 is 0 Å². The Hall–Kier alpha value is -0.160. The van der Waals surface area contributed by atoms with Gasteiger partial charge >= 0.3 is 0 Å². The molecule has 0 spiro atoms. The molecule has 1 heterocycles. The second-order valence-corrected chi connectivity index (χ2v) is 3.74. The summed E-state index contributed by atoms with van der Waals surface area (Å²) in [5.41, 5.74) is -0.295. The Balaban J connectivity index is 2.50. The average molecular weight is 189 g/mol. The highest BCUT2D eigenvalue weighted by molar-refractivity contribution is 4.84. The highest BCUT2D eigenvalue weighted by atomic mass is 16.5. The molecule has 1 fully saturated rings. The highest BCUT2D eigenvalue weighted by Crippen LogP contribution is 2.25. The lowest BCUT2D eigenvalue weighted by molar-refractivity contribution is -0.176. The second kappa shape index (κ2) is 4.91. The number of methoxy groups -OCH3 is 1. The molecule has 0 amide bonds. The molecule has 1 aliphatic rings. The van der Waals surface area contributed by atoms with Gasteiger partial charge in [-0.05, 0) is 19.3 Å². The van der Waals surface area contributed by atoms with Crippen molar-refractivity contribution in [1.82, 2.24) is 5.06 Å². The largest absolute Gasteiger partial charge is 0.382 e. The van der Waals surface area contributed by atoms with Crippen LogP contribution in [0, 0.1) is 0 Å². The summed E-state index contributed by atoms with van der Waals surface area (Å²) in [5, 5.41) is 10.4. The van der Waals surface area contributed by atoms with Crippen molar-refractivity contribution >= 4 is 0 Å². The topological polar surface area (TPSA) is 41.9 Å². The molecule has 0 aromatic heterocycles. The van der Waals surface area contributed by atoms with E-state index in [0.717, 1.165) is 25.9 Å². The minimum Gasteiger partial charge on any atom is -0.382 e. The summed E-state index contributed by atoms with van der Waals surface area (Å²) in [6, 6.07) is 0. The van der Waals surface area contributed by atoms with Gasteiger partial charge in [-0.3, -0.25) is 0 Å². The van der Waals surface area contributed by atoms with E-state index in [2.05, 4.69) is 0 Å². The molecule has 1 N–H and O–H groups in total. The van der Waals surface area contributed by atoms with Crippen LogP contribution in [0.5, 0.6) is 0 Å². The molecule has 1 rings (SSSR count). The molecule has 1 saturated heterocycles. The minimum absolute atomic E-state index is 0.295. The van der Waals surface area contributed by atoms with Crippen LogP contribution in [0.4, 0.5) is 0 Å². The maximum Gasteiger partial charge on any atom is 0.106 e. The quantitative estimate of drug-likeness (QED) is 0.667. The standard InChI is InChI=1S/C9H19NO3/c1-10(11)7-9(8-12-2)5-3-4-6-13-9/h11H,3-8H2,1-2H3. The molecule has 0 saturated carbocycles. The highest BCUT2D eigenvalue weighted by Gasteiger charge is 2.34. The summed E-state index contributed by atoms with van der Waals surface area (Å²) >= 11 is 0. The summed E-state index contributed by atoms with van der Waals surface area (Å²) in [6.45, 7) is 1.84. The van der Waals surface area contributed by atoms with E-state index in [1.54, 1.807) is 14.2 Å². The summed E-state index contributed by atoms with van der Waals surface area (Å²) in [7, 11) is 3.30. The van der Waals surface area contributed by atoms with Gasteiger partial charge in [0.25, 0.3) is 0 Å². The summed E-state index contributed by atoms with van der Waals surface area (Å²) < 4.78 is 10.8. The zero-order chi connectivity index (χ0) is 9.73. The molecule has 1 unspecified atom stereocenters. The minimum atomic E-state index is -0.295. The number of ether oxygens (including phenoxy) is 2. The Morgan fingerprint density at radius 3 is 2.77 bits per heavy atom. The van der Waals surface area contributed by atoms with Crippen molar-refractivity contribution in [2.75, 3.05) is 33.9 Å². The zero-order valence-corrected chi connectivity index (χ0v) is 8.45. The normalized spacial score (nSPS) is 29.5. The van der Waals surface area contributed by atoms with E-state index in [1.807, 2.05) is 0 Å². The van der Waals surface area contributed by atoms with Crippen molar-refractivity contribution in [3.05, 3.63) is 0 Å². The van der Waals surface area contributed by atoms with Crippen LogP contribution in [0.2, 0.25) is 0 Å². The Morgan fingerprint density at radius 2 is 2.31 bits per heavy atom. The fraction of sp³-hybridized carbons (Fsp3) is 1.00. The fourth-order valence-corrected chi connectivity index (χ4v) is 1.87. The lowest BCUT2D eigenvalue weighted by Gasteiger charge is -2.37. The van der Waals surface area contributed by atoms with Crippen LogP contribution >= 0.6 is 0 Å². The van der Waals surface area contributed by atoms with Gasteiger partial charge in [-0.25, -0.2) is 0 Å². The molecule has 4 heteroatoms. The Kier molecular flexibility index (Phi) is 4.12. The van der Waals surface area contributed by atoms with E-state index in [1.165, 1.54) is 5.06 Å². The molecule has 0 bridgehead atoms. The smallest absolute Gasteiger partial charge is 0.106 e. The maximum absolute atomic E-state index is 9.19. The second-order valence-electron chi connectivity index (χ2n) is 3.74. The lowest BCUT2D eigenvalue weighted by Crippen LogP contribution is -2.48. The van der Waals surface area contributed by atoms with Crippen molar-refractivity contribution < 1.29 is 14.7 Å². The molecule has 0 aromatic rings. The van der Waals surface area contributed by atoms with Crippen LogP contribution in [0.25, 0.3) is 0 Å². The fourth-order valence-electron chi connectivity index (χ4n) is 1.87. The first-order chi connectivity index (χ1) is 6.18. The Morgan fingerprint density at radius 1 is 1.54 bits per heavy atom. The first-order valence-corrected chi connectivity index (χ1v) is 4.71. The number of likely N-dealkylation sites (N-methyl/N-ethyl adjacent to an activating group) is 1. The van der Waals surface area contributed by atoms with Gasteiger partial charge < -0.3 is 14.7 Å². The molecule has 1 atom stereocenters. The van der Waals surface area contributed by atoms with Gasteiger partial charge in [-0.15, -0.1) is 0 Å². The van der Waals surface area contributed by atoms with Crippen molar-refractivity contribution in [3.8, 4) is 0 Å². The van der Waals surface area contributed by atoms with Crippen LogP contribution in [0.3, 0.4) is 0 Å². The summed E-state index contributed by atoms with van der Waals surface area (Å²) in [5.74, 6) is 0. The monoisotopic (exact) mass is 189 g/mol. The van der Waals surface area contributed by atoms with Gasteiger partial charge in [0.15, 0.2) is 0 Å². The van der Waals surface area contributed by atoms with Crippen LogP contribution < -0.4 is 0 Å². The third-order valence-electron chi connectivity index (χ3n) is 2.36. The Bertz CT molecular complexity index is 138. The summed E-state index contributed by atoms with van der Waals surface area (Å²) in [6.07, 6.45) is 3.23. The van der Waals surface area contributed by atoms with Crippen molar-refractivity contribution in [2.24, 2.45) is 0 Å². The van der Waals surface area contributed by atoms with Gasteiger partial charge in [0, 0.05) is 20.8 Å². The van der Waals surface area contributed by atoms with E-state index >= 15 is 0 Å². The number of nitrogens with zero attached hydrogens (tertiary/aromatic N) is 1. The van der Waals surface area contributed by atoms with Gasteiger partial charge in [0.1, 0.15) is 5.60 Å². The molecule has 0 aliphatic carbocycles. The molecule has 78 valence electrons. The molecular formula is C9H19NO3. The number of rotatable bonds is 4. The van der Waals surface area contributed by atoms with Crippen LogP contribution in [-0.2, 0) is 9.47 Å². The van der Waals surface area contributed by atoms with E-state index in [4.69, 9.17) is 9.47 Å². The van der Waals surface area contributed by atoms with Crippen molar-refractivity contribution in [2.45, 2.75) is 24.9 Å². The van der Waals surface area contributed by atoms with Crippen molar-refractivity contribution in [3.63, 3.8) is 0 Å². The number of hydrogen-bond acceptors (Lipinski definition) is 4. The molecule has 0 radical (unpaired) electrons.